The molecule has 0 unspecified atom stereocenters. The van der Waals surface area contributed by atoms with Crippen LogP contribution in [0.5, 0.6) is 5.75 Å². The highest BCUT2D eigenvalue weighted by molar-refractivity contribution is 5.29. The third-order valence-electron chi connectivity index (χ3n) is 2.24. The Labute approximate surface area is 78.1 Å². The van der Waals surface area contributed by atoms with Crippen molar-refractivity contribution in [2.24, 2.45) is 0 Å². The van der Waals surface area contributed by atoms with Crippen molar-refractivity contribution in [1.29, 1.82) is 0 Å². The fraction of sp³-hybridized carbons (Fsp3) is 0.500. The molecule has 1 heterocycles. The van der Waals surface area contributed by atoms with E-state index in [0.29, 0.717) is 0 Å². The molecule has 0 spiro atoms. The van der Waals surface area contributed by atoms with Crippen LogP contribution in [0.15, 0.2) is 18.5 Å². The summed E-state index contributed by atoms with van der Waals surface area (Å²) < 4.78 is 5.22. The van der Waals surface area contributed by atoms with E-state index in [1.807, 2.05) is 12.3 Å². The second-order valence-electron chi connectivity index (χ2n) is 3.34. The van der Waals surface area contributed by atoms with Crippen LogP contribution in [0, 0.1) is 0 Å². The Morgan fingerprint density at radius 2 is 2.46 bits per heavy atom. The molecule has 1 aliphatic carbocycles. The molecule has 0 aromatic carbocycles. The van der Waals surface area contributed by atoms with Crippen LogP contribution in [0.2, 0.25) is 0 Å². The molecule has 1 saturated carbocycles. The second-order valence-corrected chi connectivity index (χ2v) is 3.34. The minimum atomic E-state index is 0.727. The average Bonchev–Trinajstić information content (AvgIpc) is 2.99. The van der Waals surface area contributed by atoms with Gasteiger partial charge in [0.2, 0.25) is 0 Å². The van der Waals surface area contributed by atoms with Crippen molar-refractivity contribution in [2.75, 3.05) is 7.11 Å². The van der Waals surface area contributed by atoms with Gasteiger partial charge in [-0.3, -0.25) is 4.98 Å². The van der Waals surface area contributed by atoms with E-state index in [0.717, 1.165) is 23.9 Å². The molecule has 0 aliphatic heterocycles. The van der Waals surface area contributed by atoms with Gasteiger partial charge in [-0.1, -0.05) is 0 Å². The zero-order valence-electron chi connectivity index (χ0n) is 7.79. The summed E-state index contributed by atoms with van der Waals surface area (Å²) in [5.41, 5.74) is 1.14. The van der Waals surface area contributed by atoms with Gasteiger partial charge in [0.05, 0.1) is 7.11 Å². The number of hydrogen-bond donors (Lipinski definition) is 1. The molecule has 3 nitrogen and oxygen atoms in total. The van der Waals surface area contributed by atoms with Crippen molar-refractivity contribution in [3.8, 4) is 5.75 Å². The van der Waals surface area contributed by atoms with Crippen molar-refractivity contribution in [2.45, 2.75) is 25.4 Å². The number of nitrogens with zero attached hydrogens (tertiary/aromatic N) is 1. The van der Waals surface area contributed by atoms with Gasteiger partial charge in [-0.15, -0.1) is 0 Å². The Balaban J connectivity index is 1.99. The first kappa shape index (κ1) is 8.51. The largest absolute Gasteiger partial charge is 0.496 e. The van der Waals surface area contributed by atoms with Crippen molar-refractivity contribution in [3.63, 3.8) is 0 Å². The average molecular weight is 178 g/mol. The SMILES string of the molecule is COc1ccncc1CNC1CC1. The molecule has 0 bridgehead atoms. The van der Waals surface area contributed by atoms with Crippen molar-refractivity contribution in [3.05, 3.63) is 24.0 Å². The molecule has 1 aromatic heterocycles. The molecule has 0 atom stereocenters. The lowest BCUT2D eigenvalue weighted by Crippen LogP contribution is -2.15. The molecule has 0 amide bonds. The fourth-order valence-electron chi connectivity index (χ4n) is 1.29. The predicted molar refractivity (Wildman–Crippen MR) is 50.7 cm³/mol. The number of ether oxygens (including phenoxy) is 1. The summed E-state index contributed by atoms with van der Waals surface area (Å²) >= 11 is 0. The van der Waals surface area contributed by atoms with Crippen molar-refractivity contribution in [1.82, 2.24) is 10.3 Å². The Hall–Kier alpha value is -1.09. The van der Waals surface area contributed by atoms with E-state index in [1.54, 1.807) is 13.3 Å². The smallest absolute Gasteiger partial charge is 0.126 e. The number of pyridine rings is 1. The zero-order valence-corrected chi connectivity index (χ0v) is 7.79. The van der Waals surface area contributed by atoms with Gasteiger partial charge in [-0.25, -0.2) is 0 Å². The molecule has 0 radical (unpaired) electrons. The summed E-state index contributed by atoms with van der Waals surface area (Å²) in [5.74, 6) is 0.920. The molecule has 1 N–H and O–H groups in total. The molecule has 2 rings (SSSR count). The maximum absolute atomic E-state index is 5.22. The van der Waals surface area contributed by atoms with E-state index < -0.39 is 0 Å². The van der Waals surface area contributed by atoms with Gasteiger partial charge in [0.25, 0.3) is 0 Å². The number of aromatic nitrogens is 1. The van der Waals surface area contributed by atoms with Crippen LogP contribution in [-0.2, 0) is 6.54 Å². The third-order valence-corrected chi connectivity index (χ3v) is 2.24. The lowest BCUT2D eigenvalue weighted by atomic mass is 10.2. The van der Waals surface area contributed by atoms with Crippen molar-refractivity contribution < 1.29 is 4.74 Å². The molecule has 3 heteroatoms. The molecule has 70 valence electrons. The number of rotatable bonds is 4. The quantitative estimate of drug-likeness (QED) is 0.755. The van der Waals surface area contributed by atoms with Gasteiger partial charge in [0.1, 0.15) is 5.75 Å². The Kier molecular flexibility index (Phi) is 2.45. The van der Waals surface area contributed by atoms with Gasteiger partial charge in [-0.2, -0.15) is 0 Å². The first-order chi connectivity index (χ1) is 6.40. The van der Waals surface area contributed by atoms with E-state index >= 15 is 0 Å². The van der Waals surface area contributed by atoms with E-state index in [4.69, 9.17) is 4.74 Å². The summed E-state index contributed by atoms with van der Waals surface area (Å²) in [6.07, 6.45) is 6.22. The lowest BCUT2D eigenvalue weighted by molar-refractivity contribution is 0.407. The van der Waals surface area contributed by atoms with E-state index in [2.05, 4.69) is 10.3 Å². The van der Waals surface area contributed by atoms with Gasteiger partial charge >= 0.3 is 0 Å². The molecule has 13 heavy (non-hydrogen) atoms. The topological polar surface area (TPSA) is 34.1 Å². The normalized spacial score (nSPS) is 15.8. The number of hydrogen-bond acceptors (Lipinski definition) is 3. The van der Waals surface area contributed by atoms with Crippen LogP contribution in [0.4, 0.5) is 0 Å². The number of nitrogens with one attached hydrogen (secondary N) is 1. The highest BCUT2D eigenvalue weighted by atomic mass is 16.5. The Bertz CT molecular complexity index is 284. The van der Waals surface area contributed by atoms with Gasteiger partial charge in [-0.05, 0) is 18.9 Å². The van der Waals surface area contributed by atoms with Crippen LogP contribution in [0.3, 0.4) is 0 Å². The van der Waals surface area contributed by atoms with E-state index in [1.165, 1.54) is 12.8 Å². The molecule has 1 aliphatic rings. The van der Waals surface area contributed by atoms with Gasteiger partial charge < -0.3 is 10.1 Å². The maximum Gasteiger partial charge on any atom is 0.126 e. The molecule has 1 fully saturated rings. The van der Waals surface area contributed by atoms with Crippen LogP contribution < -0.4 is 10.1 Å². The number of methoxy groups -OCH3 is 1. The highest BCUT2D eigenvalue weighted by Gasteiger charge is 2.20. The van der Waals surface area contributed by atoms with Crippen LogP contribution in [0.25, 0.3) is 0 Å². The van der Waals surface area contributed by atoms with E-state index in [-0.39, 0.29) is 0 Å². The maximum atomic E-state index is 5.22. The second kappa shape index (κ2) is 3.75. The predicted octanol–water partition coefficient (Wildman–Crippen LogP) is 1.34. The van der Waals surface area contributed by atoms with Crippen molar-refractivity contribution >= 4 is 0 Å². The Morgan fingerprint density at radius 1 is 1.62 bits per heavy atom. The standard InChI is InChI=1S/C10H14N2O/c1-13-10-4-5-11-6-8(10)7-12-9-2-3-9/h4-6,9,12H,2-3,7H2,1H3. The minimum Gasteiger partial charge on any atom is -0.496 e. The summed E-state index contributed by atoms with van der Waals surface area (Å²) in [5, 5.41) is 3.43. The fourth-order valence-corrected chi connectivity index (χ4v) is 1.29. The van der Waals surface area contributed by atoms with Gasteiger partial charge in [0, 0.05) is 30.5 Å². The summed E-state index contributed by atoms with van der Waals surface area (Å²) in [6.45, 7) is 0.863. The third kappa shape index (κ3) is 2.18. The first-order valence-electron chi connectivity index (χ1n) is 4.60. The van der Waals surface area contributed by atoms with Gasteiger partial charge in [0.15, 0.2) is 0 Å². The summed E-state index contributed by atoms with van der Waals surface area (Å²) in [6, 6.07) is 2.62. The van der Waals surface area contributed by atoms with Crippen LogP contribution in [-0.4, -0.2) is 18.1 Å². The minimum absolute atomic E-state index is 0.727. The Morgan fingerprint density at radius 3 is 3.15 bits per heavy atom. The lowest BCUT2D eigenvalue weighted by Gasteiger charge is -2.07. The molecule has 1 aromatic rings. The van der Waals surface area contributed by atoms with Crippen LogP contribution in [0.1, 0.15) is 18.4 Å². The zero-order chi connectivity index (χ0) is 9.10. The monoisotopic (exact) mass is 178 g/mol. The summed E-state index contributed by atoms with van der Waals surface area (Å²) in [7, 11) is 1.69. The molecular formula is C10H14N2O. The first-order valence-corrected chi connectivity index (χ1v) is 4.60. The highest BCUT2D eigenvalue weighted by Crippen LogP contribution is 2.21. The molecular weight excluding hydrogens is 164 g/mol. The van der Waals surface area contributed by atoms with Crippen LogP contribution >= 0.6 is 0 Å². The molecule has 0 saturated heterocycles. The summed E-state index contributed by atoms with van der Waals surface area (Å²) in [4.78, 5) is 4.07. The van der Waals surface area contributed by atoms with E-state index in [9.17, 15) is 0 Å².